The van der Waals surface area contributed by atoms with Crippen LogP contribution < -0.4 is 4.90 Å². The smallest absolute Gasteiger partial charge is 0.268 e. The number of benzene rings is 2. The van der Waals surface area contributed by atoms with Gasteiger partial charge in [0.05, 0.1) is 21.2 Å². The zero-order valence-electron chi connectivity index (χ0n) is 13.9. The molecule has 0 spiro atoms. The molecule has 3 nitrogen and oxygen atoms in total. The molecule has 0 fully saturated rings. The molecule has 0 bridgehead atoms. The van der Waals surface area contributed by atoms with E-state index in [1.165, 1.54) is 17.8 Å². The molecule has 0 N–H and O–H groups in total. The molecule has 1 heterocycles. The minimum Gasteiger partial charge on any atom is -0.268 e. The lowest BCUT2D eigenvalue weighted by Crippen LogP contribution is -2.31. The second-order valence-corrected chi connectivity index (χ2v) is 8.79. The van der Waals surface area contributed by atoms with Gasteiger partial charge >= 0.3 is 0 Å². The minimum atomic E-state index is -0.426. The van der Waals surface area contributed by atoms with Gasteiger partial charge in [0.2, 0.25) is 0 Å². The Labute approximate surface area is 170 Å². The lowest BCUT2D eigenvalue weighted by molar-refractivity contribution is -0.119. The Morgan fingerprint density at radius 3 is 2.12 bits per heavy atom. The van der Waals surface area contributed by atoms with Crippen LogP contribution in [0.1, 0.15) is 19.4 Å². The van der Waals surface area contributed by atoms with Gasteiger partial charge in [-0.15, -0.1) is 11.8 Å². The fourth-order valence-corrected chi connectivity index (χ4v) is 4.08. The molecule has 26 heavy (non-hydrogen) atoms. The van der Waals surface area contributed by atoms with Crippen molar-refractivity contribution >= 4 is 69.6 Å². The molecule has 0 radical (unpaired) electrons. The van der Waals surface area contributed by atoms with E-state index in [0.29, 0.717) is 26.1 Å². The molecule has 2 aromatic carbocycles. The molecular formula is C19H14Cl3NO2S. The molecule has 3 rings (SSSR count). The molecule has 134 valence electrons. The van der Waals surface area contributed by atoms with Gasteiger partial charge < -0.3 is 0 Å². The van der Waals surface area contributed by atoms with Crippen molar-refractivity contribution in [1.82, 2.24) is 0 Å². The number of hydrogen-bond acceptors (Lipinski definition) is 3. The van der Waals surface area contributed by atoms with Gasteiger partial charge in [0, 0.05) is 15.3 Å². The van der Waals surface area contributed by atoms with Crippen LogP contribution in [0.15, 0.2) is 47.4 Å². The summed E-state index contributed by atoms with van der Waals surface area (Å²) in [6.07, 6.45) is 0. The zero-order valence-corrected chi connectivity index (χ0v) is 17.0. The summed E-state index contributed by atoms with van der Waals surface area (Å²) < 4.78 is 0. The van der Waals surface area contributed by atoms with Crippen molar-refractivity contribution < 1.29 is 9.59 Å². The number of carbonyl (C=O) groups excluding carboxylic acids is 2. The average Bonchev–Trinajstić information content (AvgIpc) is 2.81. The molecule has 0 saturated heterocycles. The van der Waals surface area contributed by atoms with Gasteiger partial charge in [0.1, 0.15) is 0 Å². The first-order valence-electron chi connectivity index (χ1n) is 7.80. The zero-order chi connectivity index (χ0) is 19.0. The molecule has 0 unspecified atom stereocenters. The van der Waals surface area contributed by atoms with Crippen LogP contribution in [-0.2, 0) is 9.59 Å². The third kappa shape index (κ3) is 3.65. The Hall–Kier alpha value is -1.46. The highest BCUT2D eigenvalue weighted by Crippen LogP contribution is 2.42. The monoisotopic (exact) mass is 425 g/mol. The Kier molecular flexibility index (Phi) is 5.68. The molecule has 0 atom stereocenters. The molecular weight excluding hydrogens is 413 g/mol. The maximum absolute atomic E-state index is 13.2. The Bertz CT molecular complexity index is 923. The number of amides is 2. The van der Waals surface area contributed by atoms with Crippen LogP contribution in [0.5, 0.6) is 0 Å². The van der Waals surface area contributed by atoms with Crippen molar-refractivity contribution in [3.05, 3.63) is 68.0 Å². The largest absolute Gasteiger partial charge is 0.272 e. The number of imide groups is 1. The van der Waals surface area contributed by atoms with E-state index in [9.17, 15) is 9.59 Å². The lowest BCUT2D eigenvalue weighted by atomic mass is 10.1. The topological polar surface area (TPSA) is 37.4 Å². The van der Waals surface area contributed by atoms with Gasteiger partial charge in [-0.2, -0.15) is 0 Å². The first kappa shape index (κ1) is 19.3. The predicted molar refractivity (Wildman–Crippen MR) is 110 cm³/mol. The molecule has 1 aliphatic rings. The van der Waals surface area contributed by atoms with E-state index in [2.05, 4.69) is 0 Å². The summed E-state index contributed by atoms with van der Waals surface area (Å²) >= 11 is 19.6. The summed E-state index contributed by atoms with van der Waals surface area (Å²) in [5, 5.41) is 1.35. The van der Waals surface area contributed by atoms with E-state index in [1.807, 2.05) is 13.8 Å². The Balaban J connectivity index is 2.14. The predicted octanol–water partition coefficient (Wildman–Crippen LogP) is 6.07. The first-order chi connectivity index (χ1) is 12.3. The summed E-state index contributed by atoms with van der Waals surface area (Å²) in [5.41, 5.74) is 1.26. The van der Waals surface area contributed by atoms with Crippen molar-refractivity contribution in [3.8, 4) is 0 Å². The second-order valence-electron chi connectivity index (χ2n) is 5.92. The normalized spacial score (nSPS) is 14.8. The highest BCUT2D eigenvalue weighted by molar-refractivity contribution is 8.04. The quantitative estimate of drug-likeness (QED) is 0.557. The van der Waals surface area contributed by atoms with Crippen LogP contribution in [0.3, 0.4) is 0 Å². The fraction of sp³-hybridized carbons (Fsp3) is 0.158. The van der Waals surface area contributed by atoms with Crippen molar-refractivity contribution in [1.29, 1.82) is 0 Å². The molecule has 1 aliphatic heterocycles. The van der Waals surface area contributed by atoms with E-state index < -0.39 is 11.8 Å². The Morgan fingerprint density at radius 1 is 0.885 bits per heavy atom. The number of hydrogen-bond donors (Lipinski definition) is 0. The first-order valence-corrected chi connectivity index (χ1v) is 9.81. The number of rotatable bonds is 4. The summed E-state index contributed by atoms with van der Waals surface area (Å²) in [4.78, 5) is 27.7. The number of carbonyl (C=O) groups is 2. The second kappa shape index (κ2) is 7.65. The van der Waals surface area contributed by atoms with Gasteiger partial charge in [-0.1, -0.05) is 60.8 Å². The third-order valence-electron chi connectivity index (χ3n) is 3.68. The third-order valence-corrected chi connectivity index (χ3v) is 5.57. The van der Waals surface area contributed by atoms with Crippen LogP contribution in [0.4, 0.5) is 5.69 Å². The molecule has 0 aromatic heterocycles. The van der Waals surface area contributed by atoms with Gasteiger partial charge in [0.15, 0.2) is 0 Å². The fourth-order valence-electron chi connectivity index (χ4n) is 2.60. The van der Waals surface area contributed by atoms with Gasteiger partial charge in [-0.3, -0.25) is 9.59 Å². The highest BCUT2D eigenvalue weighted by Gasteiger charge is 2.41. The van der Waals surface area contributed by atoms with Crippen LogP contribution in [0, 0.1) is 0 Å². The van der Waals surface area contributed by atoms with Crippen LogP contribution in [-0.4, -0.2) is 17.1 Å². The standard InChI is InChI=1S/C19H14Cl3NO2S/c1-10(2)26-17-16(11-3-5-12(20)6-4-11)18(24)23(19(17)25)15-9-13(21)7-8-14(15)22/h3-10H,1-2H3. The number of anilines is 1. The number of halogens is 3. The number of thioether (sulfide) groups is 1. The summed E-state index contributed by atoms with van der Waals surface area (Å²) in [6.45, 7) is 3.92. The number of nitrogens with zero attached hydrogens (tertiary/aromatic N) is 1. The summed E-state index contributed by atoms with van der Waals surface area (Å²) in [7, 11) is 0. The lowest BCUT2D eigenvalue weighted by Gasteiger charge is -2.17. The molecule has 0 saturated carbocycles. The van der Waals surface area contributed by atoms with E-state index in [-0.39, 0.29) is 16.0 Å². The average molecular weight is 427 g/mol. The summed E-state index contributed by atoms with van der Waals surface area (Å²) in [6, 6.07) is 11.5. The van der Waals surface area contributed by atoms with Crippen molar-refractivity contribution in [2.75, 3.05) is 4.90 Å². The maximum atomic E-state index is 13.2. The van der Waals surface area contributed by atoms with Crippen LogP contribution >= 0.6 is 46.6 Å². The van der Waals surface area contributed by atoms with E-state index in [4.69, 9.17) is 34.8 Å². The van der Waals surface area contributed by atoms with E-state index >= 15 is 0 Å². The summed E-state index contributed by atoms with van der Waals surface area (Å²) in [5.74, 6) is -0.826. The van der Waals surface area contributed by atoms with Gasteiger partial charge in [0.25, 0.3) is 11.8 Å². The SMILES string of the molecule is CC(C)SC1=C(c2ccc(Cl)cc2)C(=O)N(c2cc(Cl)ccc2Cl)C1=O. The Morgan fingerprint density at radius 2 is 1.50 bits per heavy atom. The maximum Gasteiger partial charge on any atom is 0.272 e. The van der Waals surface area contributed by atoms with E-state index in [0.717, 1.165) is 4.90 Å². The van der Waals surface area contributed by atoms with Crippen molar-refractivity contribution in [2.45, 2.75) is 19.1 Å². The molecule has 7 heteroatoms. The van der Waals surface area contributed by atoms with Gasteiger partial charge in [-0.05, 0) is 35.9 Å². The van der Waals surface area contributed by atoms with E-state index in [1.54, 1.807) is 36.4 Å². The van der Waals surface area contributed by atoms with Gasteiger partial charge in [-0.25, -0.2) is 4.90 Å². The highest BCUT2D eigenvalue weighted by atomic mass is 35.5. The van der Waals surface area contributed by atoms with Crippen molar-refractivity contribution in [3.63, 3.8) is 0 Å². The minimum absolute atomic E-state index is 0.124. The molecule has 2 aromatic rings. The molecule has 2 amide bonds. The van der Waals surface area contributed by atoms with Crippen LogP contribution in [0.2, 0.25) is 15.1 Å². The van der Waals surface area contributed by atoms with Crippen LogP contribution in [0.25, 0.3) is 5.57 Å². The molecule has 0 aliphatic carbocycles. The van der Waals surface area contributed by atoms with Crippen molar-refractivity contribution in [2.24, 2.45) is 0 Å².